The van der Waals surface area contributed by atoms with E-state index in [1.54, 1.807) is 12.1 Å². The standard InChI is InChI=1S/C20H25ClN2O4/c1-11-8-14(15(27-5)9-13(11)21)22-16(24)10-23-17(25)12-6-7-20(4,18(23)26)19(12,2)3/h8-9,12H,6-7,10H2,1-5H3,(H,22,24). The van der Waals surface area contributed by atoms with Crippen molar-refractivity contribution in [3.63, 3.8) is 0 Å². The van der Waals surface area contributed by atoms with E-state index in [9.17, 15) is 14.4 Å². The van der Waals surface area contributed by atoms with Crippen LogP contribution < -0.4 is 10.1 Å². The monoisotopic (exact) mass is 392 g/mol. The minimum Gasteiger partial charge on any atom is -0.495 e. The number of nitrogens with one attached hydrogen (secondary N) is 1. The number of amides is 3. The van der Waals surface area contributed by atoms with Crippen molar-refractivity contribution in [3.05, 3.63) is 22.7 Å². The number of imide groups is 1. The molecule has 3 amide bonds. The predicted octanol–water partition coefficient (Wildman–Crippen LogP) is 3.41. The lowest BCUT2D eigenvalue weighted by Gasteiger charge is -2.47. The van der Waals surface area contributed by atoms with Crippen LogP contribution in [-0.4, -0.2) is 36.3 Å². The summed E-state index contributed by atoms with van der Waals surface area (Å²) in [4.78, 5) is 39.6. The van der Waals surface area contributed by atoms with Crippen molar-refractivity contribution in [2.75, 3.05) is 19.0 Å². The highest BCUT2D eigenvalue weighted by Crippen LogP contribution is 2.59. The van der Waals surface area contributed by atoms with Gasteiger partial charge in [-0.1, -0.05) is 32.4 Å². The molecule has 146 valence electrons. The molecule has 2 unspecified atom stereocenters. The van der Waals surface area contributed by atoms with E-state index in [1.807, 2.05) is 27.7 Å². The molecule has 1 aromatic carbocycles. The first-order valence-corrected chi connectivity index (χ1v) is 9.40. The molecular weight excluding hydrogens is 368 g/mol. The summed E-state index contributed by atoms with van der Waals surface area (Å²) in [5, 5.41) is 3.26. The lowest BCUT2D eigenvalue weighted by atomic mass is 9.62. The van der Waals surface area contributed by atoms with E-state index >= 15 is 0 Å². The van der Waals surface area contributed by atoms with Gasteiger partial charge in [0.05, 0.1) is 18.2 Å². The molecule has 1 saturated heterocycles. The molecule has 0 radical (unpaired) electrons. The number of rotatable bonds is 4. The number of carbonyl (C=O) groups excluding carboxylic acids is 3. The Kier molecular flexibility index (Phi) is 4.75. The van der Waals surface area contributed by atoms with E-state index in [0.29, 0.717) is 29.3 Å². The molecular formula is C20H25ClN2O4. The van der Waals surface area contributed by atoms with Crippen molar-refractivity contribution < 1.29 is 19.1 Å². The zero-order valence-corrected chi connectivity index (χ0v) is 17.1. The molecule has 3 rings (SSSR count). The summed E-state index contributed by atoms with van der Waals surface area (Å²) in [5.74, 6) is -0.779. The van der Waals surface area contributed by atoms with Crippen LogP contribution >= 0.6 is 11.6 Å². The van der Waals surface area contributed by atoms with Gasteiger partial charge in [0.25, 0.3) is 0 Å². The van der Waals surface area contributed by atoms with Gasteiger partial charge in [0.15, 0.2) is 0 Å². The quantitative estimate of drug-likeness (QED) is 0.797. The fourth-order valence-electron chi connectivity index (χ4n) is 4.31. The van der Waals surface area contributed by atoms with E-state index in [2.05, 4.69) is 5.32 Å². The highest BCUT2D eigenvalue weighted by atomic mass is 35.5. The number of anilines is 1. The minimum absolute atomic E-state index is 0.236. The number of piperidine rings is 1. The molecule has 1 heterocycles. The number of hydrogen-bond donors (Lipinski definition) is 1. The smallest absolute Gasteiger partial charge is 0.244 e. The highest BCUT2D eigenvalue weighted by Gasteiger charge is 2.64. The summed E-state index contributed by atoms with van der Waals surface area (Å²) in [5.41, 5.74) is 0.214. The maximum atomic E-state index is 13.0. The van der Waals surface area contributed by atoms with Crippen LogP contribution in [0.4, 0.5) is 5.69 Å². The largest absolute Gasteiger partial charge is 0.495 e. The third-order valence-electron chi connectivity index (χ3n) is 6.56. The van der Waals surface area contributed by atoms with Crippen LogP contribution in [-0.2, 0) is 14.4 Å². The predicted molar refractivity (Wildman–Crippen MR) is 103 cm³/mol. The van der Waals surface area contributed by atoms with Crippen molar-refractivity contribution in [2.45, 2.75) is 40.5 Å². The maximum absolute atomic E-state index is 13.0. The van der Waals surface area contributed by atoms with Crippen molar-refractivity contribution in [1.82, 2.24) is 4.90 Å². The Morgan fingerprint density at radius 2 is 2.00 bits per heavy atom. The molecule has 1 saturated carbocycles. The Hall–Kier alpha value is -2.08. The number of aryl methyl sites for hydroxylation is 1. The summed E-state index contributed by atoms with van der Waals surface area (Å²) in [6.45, 7) is 7.36. The van der Waals surface area contributed by atoms with Crippen LogP contribution in [0.2, 0.25) is 5.02 Å². The third kappa shape index (κ3) is 2.90. The summed E-state index contributed by atoms with van der Waals surface area (Å²) in [6, 6.07) is 3.32. The highest BCUT2D eigenvalue weighted by molar-refractivity contribution is 6.31. The van der Waals surface area contributed by atoms with Crippen LogP contribution in [0.25, 0.3) is 0 Å². The van der Waals surface area contributed by atoms with E-state index in [-0.39, 0.29) is 24.3 Å². The van der Waals surface area contributed by atoms with Gasteiger partial charge >= 0.3 is 0 Å². The zero-order chi connectivity index (χ0) is 20.1. The Labute approximate surface area is 164 Å². The van der Waals surface area contributed by atoms with Crippen molar-refractivity contribution in [3.8, 4) is 5.75 Å². The molecule has 1 N–H and O–H groups in total. The number of fused-ring (bicyclic) bond motifs is 2. The SMILES string of the molecule is COc1cc(Cl)c(C)cc1NC(=O)CN1C(=O)C2CCC(C)(C1=O)C2(C)C. The number of nitrogens with zero attached hydrogens (tertiary/aromatic N) is 1. The summed E-state index contributed by atoms with van der Waals surface area (Å²) in [6.07, 6.45) is 1.34. The van der Waals surface area contributed by atoms with Gasteiger partial charge < -0.3 is 10.1 Å². The van der Waals surface area contributed by atoms with E-state index in [0.717, 1.165) is 10.5 Å². The van der Waals surface area contributed by atoms with Crippen LogP contribution in [0, 0.1) is 23.7 Å². The van der Waals surface area contributed by atoms with Gasteiger partial charge in [0.1, 0.15) is 12.3 Å². The summed E-state index contributed by atoms with van der Waals surface area (Å²) < 4.78 is 5.26. The van der Waals surface area contributed by atoms with Gasteiger partial charge in [-0.05, 0) is 36.8 Å². The maximum Gasteiger partial charge on any atom is 0.244 e. The Morgan fingerprint density at radius 3 is 2.63 bits per heavy atom. The van der Waals surface area contributed by atoms with Gasteiger partial charge in [0, 0.05) is 17.0 Å². The third-order valence-corrected chi connectivity index (χ3v) is 6.97. The van der Waals surface area contributed by atoms with Crippen LogP contribution in [0.3, 0.4) is 0 Å². The molecule has 0 spiro atoms. The number of benzene rings is 1. The first-order valence-electron chi connectivity index (χ1n) is 9.02. The van der Waals surface area contributed by atoms with Gasteiger partial charge in [-0.15, -0.1) is 0 Å². The van der Waals surface area contributed by atoms with Crippen LogP contribution in [0.1, 0.15) is 39.2 Å². The second kappa shape index (κ2) is 6.51. The molecule has 27 heavy (non-hydrogen) atoms. The van der Waals surface area contributed by atoms with Crippen molar-refractivity contribution in [2.24, 2.45) is 16.7 Å². The van der Waals surface area contributed by atoms with Gasteiger partial charge in [-0.3, -0.25) is 19.3 Å². The molecule has 1 aromatic rings. The number of ether oxygens (including phenoxy) is 1. The molecule has 6 nitrogen and oxygen atoms in total. The van der Waals surface area contributed by atoms with Gasteiger partial charge in [0.2, 0.25) is 17.7 Å². The number of hydrogen-bond acceptors (Lipinski definition) is 4. The lowest BCUT2D eigenvalue weighted by Crippen LogP contribution is -2.60. The number of carbonyl (C=O) groups is 3. The average Bonchev–Trinajstić information content (AvgIpc) is 2.79. The van der Waals surface area contributed by atoms with E-state index < -0.39 is 16.7 Å². The molecule has 2 fully saturated rings. The van der Waals surface area contributed by atoms with Gasteiger partial charge in [-0.2, -0.15) is 0 Å². The first-order chi connectivity index (χ1) is 12.5. The Morgan fingerprint density at radius 1 is 1.33 bits per heavy atom. The molecule has 1 aliphatic heterocycles. The summed E-state index contributed by atoms with van der Waals surface area (Å²) in [7, 11) is 1.48. The van der Waals surface area contributed by atoms with Crippen molar-refractivity contribution in [1.29, 1.82) is 0 Å². The zero-order valence-electron chi connectivity index (χ0n) is 16.3. The molecule has 1 aliphatic carbocycles. The molecule has 7 heteroatoms. The Balaban J connectivity index is 1.80. The van der Waals surface area contributed by atoms with Crippen molar-refractivity contribution >= 4 is 35.0 Å². The van der Waals surface area contributed by atoms with Crippen LogP contribution in [0.15, 0.2) is 12.1 Å². The van der Waals surface area contributed by atoms with E-state index in [4.69, 9.17) is 16.3 Å². The molecule has 0 aromatic heterocycles. The minimum atomic E-state index is -0.625. The second-order valence-corrected chi connectivity index (χ2v) is 8.63. The number of likely N-dealkylation sites (tertiary alicyclic amines) is 1. The summed E-state index contributed by atoms with van der Waals surface area (Å²) >= 11 is 6.09. The number of methoxy groups -OCH3 is 1. The van der Waals surface area contributed by atoms with E-state index in [1.165, 1.54) is 7.11 Å². The normalized spacial score (nSPS) is 26.3. The molecule has 2 bridgehead atoms. The average molecular weight is 393 g/mol. The Bertz CT molecular complexity index is 836. The molecule has 2 aliphatic rings. The fourth-order valence-corrected chi connectivity index (χ4v) is 4.47. The lowest BCUT2D eigenvalue weighted by molar-refractivity contribution is -0.168. The fraction of sp³-hybridized carbons (Fsp3) is 0.550. The second-order valence-electron chi connectivity index (χ2n) is 8.22. The molecule has 2 atom stereocenters. The number of halogens is 1. The topological polar surface area (TPSA) is 75.7 Å². The van der Waals surface area contributed by atoms with Gasteiger partial charge in [-0.25, -0.2) is 0 Å². The van der Waals surface area contributed by atoms with Crippen LogP contribution in [0.5, 0.6) is 5.75 Å². The first kappa shape index (κ1) is 19.7.